The minimum atomic E-state index is -0.586. The zero-order valence-corrected chi connectivity index (χ0v) is 13.3. The van der Waals surface area contributed by atoms with Gasteiger partial charge in [0.15, 0.2) is 0 Å². The number of rotatable bonds is 13. The van der Waals surface area contributed by atoms with Crippen LogP contribution in [-0.4, -0.2) is 11.1 Å². The molecule has 0 aliphatic carbocycles. The Kier molecular flexibility index (Phi) is 12.2. The normalized spacial score (nSPS) is 14.3. The molecule has 0 aliphatic rings. The Balaban J connectivity index is 3.77. The molecule has 0 heterocycles. The van der Waals surface area contributed by atoms with Crippen LogP contribution in [0.25, 0.3) is 0 Å². The van der Waals surface area contributed by atoms with Crippen LogP contribution < -0.4 is 0 Å². The van der Waals surface area contributed by atoms with Crippen LogP contribution in [0.5, 0.6) is 0 Å². The van der Waals surface area contributed by atoms with E-state index >= 15 is 0 Å². The Labute approximate surface area is 120 Å². The van der Waals surface area contributed by atoms with Gasteiger partial charge in [0.05, 0.1) is 5.92 Å². The van der Waals surface area contributed by atoms with Crippen molar-refractivity contribution in [3.63, 3.8) is 0 Å². The molecule has 19 heavy (non-hydrogen) atoms. The fourth-order valence-corrected chi connectivity index (χ4v) is 2.67. The van der Waals surface area contributed by atoms with Crippen LogP contribution in [0.3, 0.4) is 0 Å². The van der Waals surface area contributed by atoms with Crippen LogP contribution in [0.1, 0.15) is 91.4 Å². The van der Waals surface area contributed by atoms with E-state index in [-0.39, 0.29) is 5.92 Å². The van der Waals surface area contributed by atoms with E-state index in [2.05, 4.69) is 20.8 Å². The van der Waals surface area contributed by atoms with Crippen molar-refractivity contribution in [3.8, 4) is 0 Å². The summed E-state index contributed by atoms with van der Waals surface area (Å²) in [6.45, 7) is 6.61. The Morgan fingerprint density at radius 3 is 2.05 bits per heavy atom. The average molecular weight is 270 g/mol. The highest BCUT2D eigenvalue weighted by Gasteiger charge is 2.19. The minimum absolute atomic E-state index is 0.113. The minimum Gasteiger partial charge on any atom is -0.481 e. The fourth-order valence-electron chi connectivity index (χ4n) is 2.67. The summed E-state index contributed by atoms with van der Waals surface area (Å²) >= 11 is 0. The second-order valence-corrected chi connectivity index (χ2v) is 6.07. The second-order valence-electron chi connectivity index (χ2n) is 6.07. The summed E-state index contributed by atoms with van der Waals surface area (Å²) in [6.07, 6.45) is 12.8. The van der Waals surface area contributed by atoms with Crippen LogP contribution >= 0.6 is 0 Å². The fraction of sp³-hybridized carbons (Fsp3) is 0.941. The first kappa shape index (κ1) is 18.5. The first-order chi connectivity index (χ1) is 9.11. The summed E-state index contributed by atoms with van der Waals surface area (Å²) in [5.41, 5.74) is 0. The molecule has 0 aliphatic heterocycles. The maximum Gasteiger partial charge on any atom is 0.306 e. The Morgan fingerprint density at radius 2 is 1.47 bits per heavy atom. The van der Waals surface area contributed by atoms with E-state index in [1.807, 2.05) is 0 Å². The molecule has 0 fully saturated rings. The third kappa shape index (κ3) is 11.0. The predicted octanol–water partition coefficient (Wildman–Crippen LogP) is 5.65. The third-order valence-corrected chi connectivity index (χ3v) is 3.99. The van der Waals surface area contributed by atoms with Gasteiger partial charge in [0.2, 0.25) is 0 Å². The molecule has 2 heteroatoms. The smallest absolute Gasteiger partial charge is 0.306 e. The molecule has 0 saturated heterocycles. The third-order valence-electron chi connectivity index (χ3n) is 3.99. The maximum absolute atomic E-state index is 11.3. The average Bonchev–Trinajstić information content (AvgIpc) is 2.38. The summed E-state index contributed by atoms with van der Waals surface area (Å²) in [7, 11) is 0. The van der Waals surface area contributed by atoms with Gasteiger partial charge >= 0.3 is 5.97 Å². The lowest BCUT2D eigenvalue weighted by Gasteiger charge is -2.17. The standard InChI is InChI=1S/C17H34O2/c1-4-6-8-9-10-11-13-16(17(18)19)14-15(3)12-7-5-2/h15-16H,4-14H2,1-3H3,(H,18,19). The van der Waals surface area contributed by atoms with Crippen LogP contribution in [0, 0.1) is 11.8 Å². The molecule has 2 atom stereocenters. The van der Waals surface area contributed by atoms with E-state index in [0.29, 0.717) is 5.92 Å². The van der Waals surface area contributed by atoms with Gasteiger partial charge in [-0.05, 0) is 18.8 Å². The number of carbonyl (C=O) groups is 1. The van der Waals surface area contributed by atoms with E-state index in [0.717, 1.165) is 19.3 Å². The lowest BCUT2D eigenvalue weighted by Crippen LogP contribution is -2.17. The van der Waals surface area contributed by atoms with Gasteiger partial charge in [0.1, 0.15) is 0 Å². The lowest BCUT2D eigenvalue weighted by atomic mass is 9.88. The van der Waals surface area contributed by atoms with E-state index in [9.17, 15) is 9.90 Å². The van der Waals surface area contributed by atoms with Crippen molar-refractivity contribution in [2.45, 2.75) is 91.4 Å². The Bertz CT molecular complexity index is 213. The maximum atomic E-state index is 11.3. The summed E-state index contributed by atoms with van der Waals surface area (Å²) in [6, 6.07) is 0. The van der Waals surface area contributed by atoms with Crippen molar-refractivity contribution < 1.29 is 9.90 Å². The molecule has 1 N–H and O–H groups in total. The molecular formula is C17H34O2. The monoisotopic (exact) mass is 270 g/mol. The summed E-state index contributed by atoms with van der Waals surface area (Å²) in [5, 5.41) is 9.29. The molecule has 0 rings (SSSR count). The molecule has 0 saturated carbocycles. The first-order valence-electron chi connectivity index (χ1n) is 8.34. The van der Waals surface area contributed by atoms with Crippen LogP contribution in [0.4, 0.5) is 0 Å². The zero-order valence-electron chi connectivity index (χ0n) is 13.3. The number of carboxylic acids is 1. The number of hydrogen-bond acceptors (Lipinski definition) is 1. The lowest BCUT2D eigenvalue weighted by molar-refractivity contribution is -0.142. The van der Waals surface area contributed by atoms with Gasteiger partial charge in [-0.1, -0.05) is 78.6 Å². The Hall–Kier alpha value is -0.530. The number of aliphatic carboxylic acids is 1. The van der Waals surface area contributed by atoms with E-state index < -0.39 is 5.97 Å². The summed E-state index contributed by atoms with van der Waals surface area (Å²) in [5.74, 6) is -0.143. The van der Waals surface area contributed by atoms with Crippen molar-refractivity contribution in [1.29, 1.82) is 0 Å². The molecule has 0 bridgehead atoms. The first-order valence-corrected chi connectivity index (χ1v) is 8.34. The predicted molar refractivity (Wildman–Crippen MR) is 82.4 cm³/mol. The van der Waals surface area contributed by atoms with Crippen LogP contribution in [0.2, 0.25) is 0 Å². The van der Waals surface area contributed by atoms with Crippen molar-refractivity contribution >= 4 is 5.97 Å². The van der Waals surface area contributed by atoms with Gasteiger partial charge in [-0.25, -0.2) is 0 Å². The zero-order chi connectivity index (χ0) is 14.5. The van der Waals surface area contributed by atoms with Gasteiger partial charge < -0.3 is 5.11 Å². The molecule has 114 valence electrons. The van der Waals surface area contributed by atoms with Crippen molar-refractivity contribution in [2.75, 3.05) is 0 Å². The highest BCUT2D eigenvalue weighted by molar-refractivity contribution is 5.69. The highest BCUT2D eigenvalue weighted by Crippen LogP contribution is 2.23. The van der Waals surface area contributed by atoms with Crippen molar-refractivity contribution in [3.05, 3.63) is 0 Å². The van der Waals surface area contributed by atoms with E-state index in [4.69, 9.17) is 0 Å². The number of hydrogen-bond donors (Lipinski definition) is 1. The molecular weight excluding hydrogens is 236 g/mol. The van der Waals surface area contributed by atoms with Gasteiger partial charge in [0.25, 0.3) is 0 Å². The highest BCUT2D eigenvalue weighted by atomic mass is 16.4. The molecule has 0 aromatic carbocycles. The van der Waals surface area contributed by atoms with Crippen LogP contribution in [-0.2, 0) is 4.79 Å². The Morgan fingerprint density at radius 1 is 0.895 bits per heavy atom. The molecule has 0 aromatic rings. The molecule has 0 spiro atoms. The summed E-state index contributed by atoms with van der Waals surface area (Å²) < 4.78 is 0. The molecule has 0 radical (unpaired) electrons. The molecule has 2 unspecified atom stereocenters. The largest absolute Gasteiger partial charge is 0.481 e. The van der Waals surface area contributed by atoms with E-state index in [1.165, 1.54) is 51.4 Å². The van der Waals surface area contributed by atoms with Gasteiger partial charge in [-0.3, -0.25) is 4.79 Å². The van der Waals surface area contributed by atoms with Gasteiger partial charge in [-0.15, -0.1) is 0 Å². The van der Waals surface area contributed by atoms with Crippen molar-refractivity contribution in [1.82, 2.24) is 0 Å². The van der Waals surface area contributed by atoms with E-state index in [1.54, 1.807) is 0 Å². The van der Waals surface area contributed by atoms with Crippen LogP contribution in [0.15, 0.2) is 0 Å². The van der Waals surface area contributed by atoms with Crippen molar-refractivity contribution in [2.24, 2.45) is 11.8 Å². The topological polar surface area (TPSA) is 37.3 Å². The number of carboxylic acid groups (broad SMARTS) is 1. The quantitative estimate of drug-likeness (QED) is 0.439. The summed E-state index contributed by atoms with van der Waals surface area (Å²) in [4.78, 5) is 11.3. The molecule has 2 nitrogen and oxygen atoms in total. The second kappa shape index (κ2) is 12.5. The van der Waals surface area contributed by atoms with Gasteiger partial charge in [-0.2, -0.15) is 0 Å². The molecule has 0 aromatic heterocycles. The van der Waals surface area contributed by atoms with Gasteiger partial charge in [0, 0.05) is 0 Å². The SMILES string of the molecule is CCCCCCCCC(CC(C)CCCC)C(=O)O. The number of unbranched alkanes of at least 4 members (excludes halogenated alkanes) is 6. The molecule has 0 amide bonds.